The van der Waals surface area contributed by atoms with E-state index >= 15 is 0 Å². The number of nitro benzene ring substituents is 1. The highest BCUT2D eigenvalue weighted by Gasteiger charge is 2.54. The molecule has 0 unspecified atom stereocenters. The van der Waals surface area contributed by atoms with Gasteiger partial charge < -0.3 is 14.6 Å². The molecule has 0 radical (unpaired) electrons. The van der Waals surface area contributed by atoms with E-state index in [1.165, 1.54) is 12.1 Å². The van der Waals surface area contributed by atoms with Gasteiger partial charge in [0.25, 0.3) is 5.69 Å². The first kappa shape index (κ1) is 19.5. The van der Waals surface area contributed by atoms with Crippen molar-refractivity contribution in [1.82, 2.24) is 0 Å². The number of hydrogen-bond acceptors (Lipinski definition) is 8. The molecule has 1 atom stereocenters. The number of aliphatic hydroxyl groups is 1. The number of nitrogens with zero attached hydrogens (tertiary/aromatic N) is 3. The van der Waals surface area contributed by atoms with E-state index in [2.05, 4.69) is 0 Å². The standard InChI is InChI=1S/C21H17N3O6/c1-20(2)6-13-19(16(26)7-20)15(25)4-12(21(13,8-22)9-23)11-3-17-18(30-10-29-17)5-14(11)24(27)28/h3,5-6,12,25H,4,7,10H2,1-2H3/t12-/m0/s1. The molecule has 152 valence electrons. The number of hydrogen-bond donors (Lipinski definition) is 1. The van der Waals surface area contributed by atoms with Crippen LogP contribution in [0, 0.1) is 43.6 Å². The smallest absolute Gasteiger partial charge is 0.276 e. The van der Waals surface area contributed by atoms with Crippen LogP contribution in [0.1, 0.15) is 38.2 Å². The molecule has 9 nitrogen and oxygen atoms in total. The molecule has 0 spiro atoms. The van der Waals surface area contributed by atoms with E-state index in [1.807, 2.05) is 12.1 Å². The largest absolute Gasteiger partial charge is 0.512 e. The molecule has 1 N–H and O–H groups in total. The Morgan fingerprint density at radius 3 is 2.47 bits per heavy atom. The van der Waals surface area contributed by atoms with Crippen LogP contribution in [0.4, 0.5) is 5.69 Å². The molecule has 2 aliphatic carbocycles. The summed E-state index contributed by atoms with van der Waals surface area (Å²) in [5.41, 5.74) is -2.75. The van der Waals surface area contributed by atoms with E-state index in [1.54, 1.807) is 19.9 Å². The summed E-state index contributed by atoms with van der Waals surface area (Å²) in [6, 6.07) is 6.58. The molecule has 0 fully saturated rings. The average Bonchev–Trinajstić information content (AvgIpc) is 3.13. The topological polar surface area (TPSA) is 146 Å². The fourth-order valence-corrected chi connectivity index (χ4v) is 4.46. The van der Waals surface area contributed by atoms with E-state index in [-0.39, 0.29) is 65.1 Å². The van der Waals surface area contributed by atoms with Crippen LogP contribution in [0.2, 0.25) is 0 Å². The number of fused-ring (bicyclic) bond motifs is 2. The van der Waals surface area contributed by atoms with E-state index in [9.17, 15) is 30.5 Å². The van der Waals surface area contributed by atoms with Gasteiger partial charge in [0.2, 0.25) is 6.79 Å². The summed E-state index contributed by atoms with van der Waals surface area (Å²) < 4.78 is 10.5. The number of carbonyl (C=O) groups is 1. The molecule has 3 aliphatic rings. The maximum absolute atomic E-state index is 12.7. The quantitative estimate of drug-likeness (QED) is 0.578. The summed E-state index contributed by atoms with van der Waals surface area (Å²) in [6.07, 6.45) is 1.51. The Bertz CT molecular complexity index is 1130. The highest BCUT2D eigenvalue weighted by molar-refractivity contribution is 6.03. The number of Topliss-reactive ketones (excluding diaryl/α,β-unsaturated/α-hetero) is 1. The van der Waals surface area contributed by atoms with Crippen molar-refractivity contribution in [2.45, 2.75) is 32.6 Å². The zero-order valence-electron chi connectivity index (χ0n) is 16.3. The molecule has 0 saturated heterocycles. The van der Waals surface area contributed by atoms with Gasteiger partial charge in [-0.1, -0.05) is 19.9 Å². The van der Waals surface area contributed by atoms with Gasteiger partial charge in [-0.2, -0.15) is 10.5 Å². The lowest BCUT2D eigenvalue weighted by molar-refractivity contribution is -0.385. The fraction of sp³-hybridized carbons (Fsp3) is 0.381. The van der Waals surface area contributed by atoms with Crippen molar-refractivity contribution in [3.8, 4) is 23.6 Å². The van der Waals surface area contributed by atoms with Crippen LogP contribution in [-0.4, -0.2) is 22.6 Å². The van der Waals surface area contributed by atoms with Crippen LogP contribution in [0.3, 0.4) is 0 Å². The van der Waals surface area contributed by atoms with Gasteiger partial charge in [-0.25, -0.2) is 0 Å². The fourth-order valence-electron chi connectivity index (χ4n) is 4.46. The lowest BCUT2D eigenvalue weighted by atomic mass is 9.57. The molecule has 0 aromatic heterocycles. The average molecular weight is 407 g/mol. The van der Waals surface area contributed by atoms with Crippen molar-refractivity contribution >= 4 is 11.5 Å². The first-order chi connectivity index (χ1) is 14.1. The minimum Gasteiger partial charge on any atom is -0.512 e. The number of nitriles is 2. The van der Waals surface area contributed by atoms with Gasteiger partial charge in [0, 0.05) is 24.3 Å². The lowest BCUT2D eigenvalue weighted by Crippen LogP contribution is -2.39. The van der Waals surface area contributed by atoms with Gasteiger partial charge >= 0.3 is 0 Å². The summed E-state index contributed by atoms with van der Waals surface area (Å²) in [5, 5.41) is 42.7. The van der Waals surface area contributed by atoms with Crippen LogP contribution >= 0.6 is 0 Å². The summed E-state index contributed by atoms with van der Waals surface area (Å²) in [5.74, 6) is -1.28. The van der Waals surface area contributed by atoms with Crippen molar-refractivity contribution in [3.05, 3.63) is 50.8 Å². The third kappa shape index (κ3) is 2.63. The zero-order valence-corrected chi connectivity index (χ0v) is 16.3. The van der Waals surface area contributed by atoms with E-state index in [4.69, 9.17) is 9.47 Å². The second-order valence-electron chi connectivity index (χ2n) is 8.28. The van der Waals surface area contributed by atoms with Crippen molar-refractivity contribution < 1.29 is 24.3 Å². The summed E-state index contributed by atoms with van der Waals surface area (Å²) >= 11 is 0. The van der Waals surface area contributed by atoms with Crippen LogP contribution < -0.4 is 9.47 Å². The maximum atomic E-state index is 12.7. The van der Waals surface area contributed by atoms with Crippen molar-refractivity contribution in [1.29, 1.82) is 10.5 Å². The van der Waals surface area contributed by atoms with E-state index in [0.717, 1.165) is 0 Å². The summed E-state index contributed by atoms with van der Waals surface area (Å²) in [7, 11) is 0. The number of benzene rings is 1. The van der Waals surface area contributed by atoms with E-state index < -0.39 is 21.7 Å². The molecule has 30 heavy (non-hydrogen) atoms. The molecule has 1 aliphatic heterocycles. The number of aliphatic hydroxyl groups excluding tert-OH is 1. The third-order valence-corrected chi connectivity index (χ3v) is 5.78. The van der Waals surface area contributed by atoms with Gasteiger partial charge in [-0.15, -0.1) is 0 Å². The summed E-state index contributed by atoms with van der Waals surface area (Å²) in [6.45, 7) is 3.47. The Morgan fingerprint density at radius 1 is 1.23 bits per heavy atom. The van der Waals surface area contributed by atoms with Gasteiger partial charge in [0.1, 0.15) is 5.76 Å². The second-order valence-corrected chi connectivity index (χ2v) is 8.28. The molecule has 1 aromatic rings. The molecule has 1 aromatic carbocycles. The Labute approximate surface area is 171 Å². The molecule has 4 rings (SSSR count). The van der Waals surface area contributed by atoms with Crippen LogP contribution in [0.15, 0.2) is 35.1 Å². The van der Waals surface area contributed by atoms with Gasteiger partial charge in [-0.3, -0.25) is 14.9 Å². The van der Waals surface area contributed by atoms with Crippen molar-refractivity contribution in [2.24, 2.45) is 10.8 Å². The minimum absolute atomic E-state index is 0.0305. The number of allylic oxidation sites excluding steroid dienone is 4. The molecule has 0 saturated carbocycles. The lowest BCUT2D eigenvalue weighted by Gasteiger charge is -2.41. The first-order valence-corrected chi connectivity index (χ1v) is 9.23. The molecular formula is C21H17N3O6. The number of ketones is 1. The first-order valence-electron chi connectivity index (χ1n) is 9.23. The SMILES string of the molecule is CC1(C)C=C2C(=C(O)C[C@@H](c3cc4c(cc3[N+](=O)[O-])OCO4)C2(C#N)C#N)C(=O)C1. The van der Waals surface area contributed by atoms with Gasteiger partial charge in [0.15, 0.2) is 22.7 Å². The predicted molar refractivity (Wildman–Crippen MR) is 101 cm³/mol. The van der Waals surface area contributed by atoms with E-state index in [0.29, 0.717) is 0 Å². The number of carbonyl (C=O) groups excluding carboxylic acids is 1. The Morgan fingerprint density at radius 2 is 1.87 bits per heavy atom. The molecule has 9 heteroatoms. The molecule has 1 heterocycles. The van der Waals surface area contributed by atoms with Crippen molar-refractivity contribution in [3.63, 3.8) is 0 Å². The Balaban J connectivity index is 2.02. The number of ether oxygens (including phenoxy) is 2. The second kappa shape index (κ2) is 6.33. The Kier molecular flexibility index (Phi) is 4.11. The van der Waals surface area contributed by atoms with Crippen LogP contribution in [-0.2, 0) is 4.79 Å². The third-order valence-electron chi connectivity index (χ3n) is 5.78. The normalized spacial score (nSPS) is 23.1. The number of nitro groups is 1. The van der Waals surface area contributed by atoms with Crippen molar-refractivity contribution in [2.75, 3.05) is 6.79 Å². The number of rotatable bonds is 2. The zero-order chi connectivity index (χ0) is 21.8. The highest BCUT2D eigenvalue weighted by atomic mass is 16.7. The summed E-state index contributed by atoms with van der Waals surface area (Å²) in [4.78, 5) is 23.9. The monoisotopic (exact) mass is 407 g/mol. The predicted octanol–water partition coefficient (Wildman–Crippen LogP) is 3.58. The Hall–Kier alpha value is -3.85. The van der Waals surface area contributed by atoms with Crippen LogP contribution in [0.25, 0.3) is 0 Å². The van der Waals surface area contributed by atoms with Crippen LogP contribution in [0.5, 0.6) is 11.5 Å². The van der Waals surface area contributed by atoms with Gasteiger partial charge in [-0.05, 0) is 17.1 Å². The minimum atomic E-state index is -1.90. The highest BCUT2D eigenvalue weighted by Crippen LogP contribution is 2.57. The molecular weight excluding hydrogens is 390 g/mol. The van der Waals surface area contributed by atoms with Gasteiger partial charge in [0.05, 0.1) is 28.7 Å². The molecule has 0 amide bonds. The molecule has 0 bridgehead atoms. The maximum Gasteiger partial charge on any atom is 0.276 e.